The van der Waals surface area contributed by atoms with Gasteiger partial charge >= 0.3 is 0 Å². The lowest BCUT2D eigenvalue weighted by Gasteiger charge is -2.55. The molecule has 4 saturated carbocycles. The summed E-state index contributed by atoms with van der Waals surface area (Å²) in [5, 5.41) is 3.51. The van der Waals surface area contributed by atoms with Gasteiger partial charge in [-0.05, 0) is 86.1 Å². The molecule has 5 heteroatoms. The van der Waals surface area contributed by atoms with Gasteiger partial charge in [0.25, 0.3) is 0 Å². The predicted octanol–water partition coefficient (Wildman–Crippen LogP) is 4.95. The highest BCUT2D eigenvalue weighted by Crippen LogP contribution is 2.60. The van der Waals surface area contributed by atoms with Crippen LogP contribution in [0.2, 0.25) is 0 Å². The van der Waals surface area contributed by atoms with Crippen LogP contribution in [-0.4, -0.2) is 57.6 Å². The van der Waals surface area contributed by atoms with Gasteiger partial charge in [0.15, 0.2) is 0 Å². The van der Waals surface area contributed by atoms with Gasteiger partial charge in [-0.25, -0.2) is 0 Å². The maximum atomic E-state index is 13.8. The third kappa shape index (κ3) is 4.63. The van der Waals surface area contributed by atoms with E-state index in [4.69, 9.17) is 0 Å². The second kappa shape index (κ2) is 9.74. The summed E-state index contributed by atoms with van der Waals surface area (Å²) in [7, 11) is 4.17. The zero-order chi connectivity index (χ0) is 24.7. The number of nitrogens with zero attached hydrogens (tertiary/aromatic N) is 3. The number of para-hydroxylation sites is 1. The van der Waals surface area contributed by atoms with E-state index in [2.05, 4.69) is 88.7 Å². The maximum absolute atomic E-state index is 13.8. The van der Waals surface area contributed by atoms with Crippen LogP contribution in [0.3, 0.4) is 0 Å². The molecule has 7 rings (SSSR count). The number of piperazine rings is 1. The van der Waals surface area contributed by atoms with E-state index < -0.39 is 0 Å². The maximum Gasteiger partial charge on any atom is 0.226 e. The van der Waals surface area contributed by atoms with E-state index in [1.807, 2.05) is 0 Å². The molecular formula is C31H42N4O. The first-order valence-electron chi connectivity index (χ1n) is 14.1. The highest BCUT2D eigenvalue weighted by molar-refractivity contribution is 5.83. The molecule has 36 heavy (non-hydrogen) atoms. The fourth-order valence-corrected chi connectivity index (χ4v) is 8.15. The monoisotopic (exact) mass is 486 g/mol. The second-order valence-corrected chi connectivity index (χ2v) is 12.3. The Morgan fingerprint density at radius 3 is 2.03 bits per heavy atom. The molecule has 5 aliphatic rings. The molecule has 0 aromatic heterocycles. The lowest BCUT2D eigenvalue weighted by Crippen LogP contribution is -2.55. The second-order valence-electron chi connectivity index (χ2n) is 12.3. The van der Waals surface area contributed by atoms with Crippen molar-refractivity contribution in [2.45, 2.75) is 44.6 Å². The van der Waals surface area contributed by atoms with Gasteiger partial charge < -0.3 is 15.1 Å². The van der Waals surface area contributed by atoms with Gasteiger partial charge in [-0.1, -0.05) is 30.3 Å². The lowest BCUT2D eigenvalue weighted by molar-refractivity contribution is -0.146. The summed E-state index contributed by atoms with van der Waals surface area (Å²) in [4.78, 5) is 21.0. The van der Waals surface area contributed by atoms with Gasteiger partial charge in [-0.15, -0.1) is 0 Å². The molecule has 1 saturated heterocycles. The Labute approximate surface area is 216 Å². The summed E-state index contributed by atoms with van der Waals surface area (Å²) in [5.41, 5.74) is 3.74. The van der Waals surface area contributed by atoms with Crippen LogP contribution in [0.25, 0.3) is 0 Å². The van der Waals surface area contributed by atoms with Gasteiger partial charge in [0, 0.05) is 63.6 Å². The van der Waals surface area contributed by atoms with Crippen molar-refractivity contribution in [3.8, 4) is 0 Å². The van der Waals surface area contributed by atoms with Crippen molar-refractivity contribution in [2.75, 3.05) is 56.6 Å². The normalized spacial score (nSPS) is 30.3. The Morgan fingerprint density at radius 1 is 0.889 bits per heavy atom. The number of anilines is 2. The standard InChI is InChI=1S/C31H42N4O/c1-33(2)27-10-8-26(9-11-27)29(35-14-12-34(13-15-35)28-6-4-3-5-7-28)22-32-30(36)31-19-23-16-24(20-31)18-25(17-23)21-31/h3-11,23-25,29H,12-22H2,1-2H3,(H,32,36)/t23?,24?,25?,29-,31?/m0/s1. The average molecular weight is 487 g/mol. The summed E-state index contributed by atoms with van der Waals surface area (Å²) in [6.07, 6.45) is 7.51. The molecule has 2 aromatic rings. The molecule has 5 nitrogen and oxygen atoms in total. The Hall–Kier alpha value is -2.53. The molecule has 1 N–H and O–H groups in total. The minimum atomic E-state index is -0.0832. The van der Waals surface area contributed by atoms with Crippen LogP contribution in [-0.2, 0) is 4.79 Å². The van der Waals surface area contributed by atoms with E-state index >= 15 is 0 Å². The summed E-state index contributed by atoms with van der Waals surface area (Å²) >= 11 is 0. The quantitative estimate of drug-likeness (QED) is 0.601. The molecule has 4 bridgehead atoms. The van der Waals surface area contributed by atoms with Crippen LogP contribution in [0, 0.1) is 23.2 Å². The van der Waals surface area contributed by atoms with Gasteiger partial charge in [0.05, 0.1) is 6.04 Å². The van der Waals surface area contributed by atoms with E-state index in [1.165, 1.54) is 36.2 Å². The number of hydrogen-bond donors (Lipinski definition) is 1. The van der Waals surface area contributed by atoms with Crippen molar-refractivity contribution < 1.29 is 4.79 Å². The first-order chi connectivity index (χ1) is 17.5. The Bertz CT molecular complexity index is 1010. The zero-order valence-electron chi connectivity index (χ0n) is 22.0. The number of carbonyl (C=O) groups is 1. The highest BCUT2D eigenvalue weighted by atomic mass is 16.2. The van der Waals surface area contributed by atoms with Crippen molar-refractivity contribution in [1.29, 1.82) is 0 Å². The zero-order valence-corrected chi connectivity index (χ0v) is 22.0. The summed E-state index contributed by atoms with van der Waals surface area (Å²) < 4.78 is 0. The molecule has 0 spiro atoms. The van der Waals surface area contributed by atoms with Crippen molar-refractivity contribution in [3.05, 3.63) is 60.2 Å². The molecule has 192 valence electrons. The number of nitrogens with one attached hydrogen (secondary N) is 1. The van der Waals surface area contributed by atoms with E-state index in [1.54, 1.807) is 0 Å². The van der Waals surface area contributed by atoms with Gasteiger partial charge in [-0.3, -0.25) is 9.69 Å². The van der Waals surface area contributed by atoms with E-state index in [9.17, 15) is 4.79 Å². The SMILES string of the molecule is CN(C)c1ccc([C@H](CNC(=O)C23CC4CC(CC(C4)C2)C3)N2CCN(c3ccccc3)CC2)cc1. The number of hydrogen-bond acceptors (Lipinski definition) is 4. The molecular weight excluding hydrogens is 444 g/mol. The Kier molecular flexibility index (Phi) is 6.45. The third-order valence-electron chi connectivity index (χ3n) is 9.65. The minimum absolute atomic E-state index is 0.0832. The van der Waals surface area contributed by atoms with Crippen LogP contribution in [0.1, 0.15) is 50.1 Å². The lowest BCUT2D eigenvalue weighted by atomic mass is 9.49. The van der Waals surface area contributed by atoms with Crippen LogP contribution in [0.15, 0.2) is 54.6 Å². The van der Waals surface area contributed by atoms with Crippen LogP contribution in [0.4, 0.5) is 11.4 Å². The van der Waals surface area contributed by atoms with E-state index in [-0.39, 0.29) is 11.5 Å². The van der Waals surface area contributed by atoms with Gasteiger partial charge in [-0.2, -0.15) is 0 Å². The van der Waals surface area contributed by atoms with Gasteiger partial charge in [0.1, 0.15) is 0 Å². The number of rotatable bonds is 7. The molecule has 0 unspecified atom stereocenters. The van der Waals surface area contributed by atoms with Crippen molar-refractivity contribution >= 4 is 17.3 Å². The third-order valence-corrected chi connectivity index (χ3v) is 9.65. The number of amides is 1. The molecule has 4 aliphatic carbocycles. The van der Waals surface area contributed by atoms with Gasteiger partial charge in [0.2, 0.25) is 5.91 Å². The van der Waals surface area contributed by atoms with Crippen molar-refractivity contribution in [3.63, 3.8) is 0 Å². The van der Waals surface area contributed by atoms with E-state index in [0.717, 1.165) is 63.2 Å². The summed E-state index contributed by atoms with van der Waals surface area (Å²) in [5.74, 6) is 2.73. The van der Waals surface area contributed by atoms with Crippen molar-refractivity contribution in [1.82, 2.24) is 10.2 Å². The molecule has 2 aromatic carbocycles. The highest BCUT2D eigenvalue weighted by Gasteiger charge is 2.54. The first-order valence-corrected chi connectivity index (χ1v) is 14.1. The molecule has 5 fully saturated rings. The van der Waals surface area contributed by atoms with E-state index in [0.29, 0.717) is 12.5 Å². The molecule has 0 radical (unpaired) electrons. The largest absolute Gasteiger partial charge is 0.378 e. The fraction of sp³-hybridized carbons (Fsp3) is 0.581. The van der Waals surface area contributed by atoms with Crippen LogP contribution >= 0.6 is 0 Å². The summed E-state index contributed by atoms with van der Waals surface area (Å²) in [6, 6.07) is 19.9. The molecule has 1 aliphatic heterocycles. The van der Waals surface area contributed by atoms with Crippen molar-refractivity contribution in [2.24, 2.45) is 23.2 Å². The molecule has 1 amide bonds. The topological polar surface area (TPSA) is 38.8 Å². The van der Waals surface area contributed by atoms with Crippen LogP contribution in [0.5, 0.6) is 0 Å². The fourth-order valence-electron chi connectivity index (χ4n) is 8.15. The predicted molar refractivity (Wildman–Crippen MR) is 147 cm³/mol. The molecule has 1 heterocycles. The Balaban J connectivity index is 1.17. The smallest absolute Gasteiger partial charge is 0.226 e. The Morgan fingerprint density at radius 2 is 1.47 bits per heavy atom. The molecule has 1 atom stereocenters. The number of carbonyl (C=O) groups excluding carboxylic acids is 1. The first kappa shape index (κ1) is 23.8. The minimum Gasteiger partial charge on any atom is -0.378 e. The number of benzene rings is 2. The van der Waals surface area contributed by atoms with Crippen LogP contribution < -0.4 is 15.1 Å². The summed E-state index contributed by atoms with van der Waals surface area (Å²) in [6.45, 7) is 4.73. The average Bonchev–Trinajstić information content (AvgIpc) is 2.89.